The van der Waals surface area contributed by atoms with Gasteiger partial charge in [-0.15, -0.1) is 0 Å². The van der Waals surface area contributed by atoms with E-state index in [1.54, 1.807) is 0 Å². The molecule has 4 heterocycles. The number of fused-ring (bicyclic) bond motifs is 2. The summed E-state index contributed by atoms with van der Waals surface area (Å²) in [5.41, 5.74) is 3.73. The Hall–Kier alpha value is -3.26. The highest BCUT2D eigenvalue weighted by Crippen LogP contribution is 2.20. The maximum absolute atomic E-state index is 12.6. The van der Waals surface area contributed by atoms with Crippen LogP contribution in [0.5, 0.6) is 5.75 Å². The second kappa shape index (κ2) is 6.81. The lowest BCUT2D eigenvalue weighted by atomic mass is 9.96. The van der Waals surface area contributed by atoms with Crippen LogP contribution >= 0.6 is 0 Å². The lowest BCUT2D eigenvalue weighted by Crippen LogP contribution is -2.32. The molecule has 8 heteroatoms. The number of hydrogen-bond acceptors (Lipinski definition) is 6. The topological polar surface area (TPSA) is 109 Å². The monoisotopic (exact) mass is 365 g/mol. The normalized spacial score (nSPS) is 13.4. The molecule has 3 aromatic rings. The number of rotatable bonds is 3. The Balaban J connectivity index is 1.62. The summed E-state index contributed by atoms with van der Waals surface area (Å²) < 4.78 is 1.16. The Morgan fingerprint density at radius 1 is 1.37 bits per heavy atom. The molecule has 0 atom stereocenters. The smallest absolute Gasteiger partial charge is 0.270 e. The van der Waals surface area contributed by atoms with Gasteiger partial charge < -0.3 is 15.7 Å². The molecule has 138 valence electrons. The SMILES string of the molecule is Cc1ncc2c(c1CNC(=O)c1cnc3c(O)cccn3c1=O)CCNC2. The van der Waals surface area contributed by atoms with Crippen molar-refractivity contribution in [2.75, 3.05) is 6.54 Å². The molecule has 27 heavy (non-hydrogen) atoms. The summed E-state index contributed by atoms with van der Waals surface area (Å²) in [5, 5.41) is 15.9. The molecule has 0 fully saturated rings. The fourth-order valence-electron chi connectivity index (χ4n) is 3.39. The number of aromatic hydroxyl groups is 1. The van der Waals surface area contributed by atoms with E-state index in [0.717, 1.165) is 40.7 Å². The van der Waals surface area contributed by atoms with Gasteiger partial charge >= 0.3 is 0 Å². The maximum Gasteiger partial charge on any atom is 0.270 e. The number of nitrogens with zero attached hydrogens (tertiary/aromatic N) is 3. The van der Waals surface area contributed by atoms with Crippen LogP contribution in [0.2, 0.25) is 0 Å². The van der Waals surface area contributed by atoms with Gasteiger partial charge in [0.05, 0.1) is 0 Å². The quantitative estimate of drug-likeness (QED) is 0.630. The van der Waals surface area contributed by atoms with Crippen molar-refractivity contribution in [2.45, 2.75) is 26.4 Å². The Morgan fingerprint density at radius 2 is 2.22 bits per heavy atom. The number of aromatic nitrogens is 3. The lowest BCUT2D eigenvalue weighted by molar-refractivity contribution is 0.0948. The minimum absolute atomic E-state index is 0.0739. The van der Waals surface area contributed by atoms with Crippen molar-refractivity contribution in [1.82, 2.24) is 25.0 Å². The van der Waals surface area contributed by atoms with Crippen LogP contribution in [0.1, 0.15) is 32.7 Å². The first-order valence-corrected chi connectivity index (χ1v) is 8.70. The third-order valence-electron chi connectivity index (χ3n) is 4.85. The van der Waals surface area contributed by atoms with E-state index < -0.39 is 11.5 Å². The molecule has 0 spiro atoms. The van der Waals surface area contributed by atoms with Gasteiger partial charge in [0, 0.05) is 37.4 Å². The molecule has 0 saturated heterocycles. The van der Waals surface area contributed by atoms with Gasteiger partial charge in [-0.3, -0.25) is 19.0 Å². The van der Waals surface area contributed by atoms with E-state index in [1.165, 1.54) is 30.1 Å². The molecule has 0 radical (unpaired) electrons. The van der Waals surface area contributed by atoms with Gasteiger partial charge in [0.25, 0.3) is 11.5 Å². The van der Waals surface area contributed by atoms with Crippen LogP contribution in [0.25, 0.3) is 5.65 Å². The largest absolute Gasteiger partial charge is 0.504 e. The molecule has 3 N–H and O–H groups in total. The van der Waals surface area contributed by atoms with Gasteiger partial charge in [-0.25, -0.2) is 4.98 Å². The Bertz CT molecular complexity index is 1110. The first kappa shape index (κ1) is 17.2. The molecule has 0 aromatic carbocycles. The van der Waals surface area contributed by atoms with Crippen LogP contribution in [0.3, 0.4) is 0 Å². The molecule has 0 unspecified atom stereocenters. The zero-order valence-electron chi connectivity index (χ0n) is 14.8. The van der Waals surface area contributed by atoms with Crippen molar-refractivity contribution in [3.8, 4) is 5.75 Å². The Kier molecular flexibility index (Phi) is 4.33. The zero-order chi connectivity index (χ0) is 19.0. The third-order valence-corrected chi connectivity index (χ3v) is 4.85. The Labute approximate surface area is 154 Å². The molecule has 8 nitrogen and oxygen atoms in total. The molecule has 3 aromatic heterocycles. The van der Waals surface area contributed by atoms with Crippen LogP contribution in [0, 0.1) is 6.92 Å². The van der Waals surface area contributed by atoms with Crippen LogP contribution in [-0.4, -0.2) is 31.9 Å². The van der Waals surface area contributed by atoms with E-state index in [4.69, 9.17) is 0 Å². The van der Waals surface area contributed by atoms with Crippen LogP contribution < -0.4 is 16.2 Å². The minimum atomic E-state index is -0.525. The van der Waals surface area contributed by atoms with Crippen LogP contribution in [0.15, 0.2) is 35.5 Å². The van der Waals surface area contributed by atoms with E-state index in [2.05, 4.69) is 20.6 Å². The van der Waals surface area contributed by atoms with Gasteiger partial charge in [-0.05, 0) is 48.7 Å². The average molecular weight is 365 g/mol. The van der Waals surface area contributed by atoms with Gasteiger partial charge in [-0.1, -0.05) is 0 Å². The highest BCUT2D eigenvalue weighted by molar-refractivity contribution is 5.93. The van der Waals surface area contributed by atoms with Crippen molar-refractivity contribution in [2.24, 2.45) is 0 Å². The van der Waals surface area contributed by atoms with Gasteiger partial charge in [0.1, 0.15) is 5.56 Å². The number of carbonyl (C=O) groups is 1. The number of pyridine rings is 2. The highest BCUT2D eigenvalue weighted by Gasteiger charge is 2.18. The second-order valence-corrected chi connectivity index (χ2v) is 6.50. The van der Waals surface area contributed by atoms with E-state index >= 15 is 0 Å². The maximum atomic E-state index is 12.6. The molecule has 0 saturated carbocycles. The van der Waals surface area contributed by atoms with Crippen molar-refractivity contribution in [3.05, 3.63) is 69.0 Å². The van der Waals surface area contributed by atoms with Gasteiger partial charge in [0.2, 0.25) is 0 Å². The average Bonchev–Trinajstić information content (AvgIpc) is 2.68. The van der Waals surface area contributed by atoms with E-state index in [1.807, 2.05) is 13.1 Å². The molecule has 4 rings (SSSR count). The fraction of sp³-hybridized carbons (Fsp3) is 0.263. The number of aryl methyl sites for hydroxylation is 1. The summed E-state index contributed by atoms with van der Waals surface area (Å²) in [7, 11) is 0. The molecular formula is C19H19N5O3. The van der Waals surface area contributed by atoms with Crippen molar-refractivity contribution in [1.29, 1.82) is 0 Å². The summed E-state index contributed by atoms with van der Waals surface area (Å²) in [6, 6.07) is 2.96. The molecule has 0 aliphatic carbocycles. The standard InChI is InChI=1S/C19H19N5O3/c1-11-14(13-4-5-20-7-12(13)8-21-11)9-23-18(26)15-10-22-17-16(25)3-2-6-24(17)19(15)27/h2-3,6,8,10,20,25H,4-5,7,9H2,1H3,(H,23,26). The summed E-state index contributed by atoms with van der Waals surface area (Å²) >= 11 is 0. The van der Waals surface area contributed by atoms with Gasteiger partial charge in [0.15, 0.2) is 11.4 Å². The number of nitrogens with one attached hydrogen (secondary N) is 2. The zero-order valence-corrected chi connectivity index (χ0v) is 14.8. The predicted octanol–water partition coefficient (Wildman–Crippen LogP) is 0.679. The second-order valence-electron chi connectivity index (χ2n) is 6.50. The molecule has 1 aliphatic heterocycles. The molecular weight excluding hydrogens is 346 g/mol. The summed E-state index contributed by atoms with van der Waals surface area (Å²) in [4.78, 5) is 33.6. The third kappa shape index (κ3) is 3.04. The lowest BCUT2D eigenvalue weighted by Gasteiger charge is -2.21. The van der Waals surface area contributed by atoms with E-state index in [-0.39, 0.29) is 17.0 Å². The number of carbonyl (C=O) groups excluding carboxylic acids is 1. The fourth-order valence-corrected chi connectivity index (χ4v) is 3.39. The molecule has 1 aliphatic rings. The first-order chi connectivity index (χ1) is 13.1. The number of amides is 1. The van der Waals surface area contributed by atoms with Gasteiger partial charge in [-0.2, -0.15) is 0 Å². The van der Waals surface area contributed by atoms with E-state index in [9.17, 15) is 14.7 Å². The van der Waals surface area contributed by atoms with Crippen molar-refractivity contribution >= 4 is 11.6 Å². The highest BCUT2D eigenvalue weighted by atomic mass is 16.3. The Morgan fingerprint density at radius 3 is 3.07 bits per heavy atom. The van der Waals surface area contributed by atoms with Crippen LogP contribution in [0.4, 0.5) is 0 Å². The van der Waals surface area contributed by atoms with Crippen LogP contribution in [-0.2, 0) is 19.5 Å². The van der Waals surface area contributed by atoms with Crippen molar-refractivity contribution < 1.29 is 9.90 Å². The summed E-state index contributed by atoms with van der Waals surface area (Å²) in [6.45, 7) is 3.86. The van der Waals surface area contributed by atoms with E-state index in [0.29, 0.717) is 6.54 Å². The molecule has 1 amide bonds. The molecule has 0 bridgehead atoms. The summed E-state index contributed by atoms with van der Waals surface area (Å²) in [5.74, 6) is -0.621. The number of hydrogen-bond donors (Lipinski definition) is 3. The van der Waals surface area contributed by atoms with Crippen molar-refractivity contribution in [3.63, 3.8) is 0 Å². The predicted molar refractivity (Wildman–Crippen MR) is 98.7 cm³/mol. The summed E-state index contributed by atoms with van der Waals surface area (Å²) in [6.07, 6.45) is 5.41. The first-order valence-electron chi connectivity index (χ1n) is 8.70. The minimum Gasteiger partial charge on any atom is -0.504 e.